The van der Waals surface area contributed by atoms with Crippen molar-refractivity contribution in [2.24, 2.45) is 29.6 Å². The molecule has 5 nitrogen and oxygen atoms in total. The first kappa shape index (κ1) is 105. The van der Waals surface area contributed by atoms with Gasteiger partial charge in [-0.05, 0) is 113 Å². The molecule has 128 heavy (non-hydrogen) atoms. The fourth-order valence-corrected chi connectivity index (χ4v) is 24.3. The Morgan fingerprint density at radius 3 is 0.812 bits per heavy atom. The van der Waals surface area contributed by atoms with Gasteiger partial charge in [0.2, 0.25) is 0 Å². The molecule has 5 fully saturated rings. The average Bonchev–Trinajstić information content (AvgIpc) is 1.51. The van der Waals surface area contributed by atoms with Crippen LogP contribution in [0.2, 0.25) is 0 Å². The number of hydrogen-bond donors (Lipinski definition) is 3. The summed E-state index contributed by atoms with van der Waals surface area (Å²) in [5.41, 5.74) is 31.6. The molecule has 10 heterocycles. The molecule has 15 aliphatic rings. The van der Waals surface area contributed by atoms with E-state index in [4.69, 9.17) is 0 Å². The van der Waals surface area contributed by atoms with Gasteiger partial charge in [-0.3, -0.25) is 0 Å². The Morgan fingerprint density at radius 1 is 0.273 bits per heavy atom. The first-order valence-corrected chi connectivity index (χ1v) is 49.9. The van der Waals surface area contributed by atoms with Gasteiger partial charge in [0.15, 0.2) is 0 Å². The molecule has 0 amide bonds. The third-order valence-electron chi connectivity index (χ3n) is 32.4. The van der Waals surface area contributed by atoms with Crippen molar-refractivity contribution in [3.8, 4) is 0 Å². The summed E-state index contributed by atoms with van der Waals surface area (Å²) in [5.74, 6) is 5.31. The molecule has 10 aromatic rings. The summed E-state index contributed by atoms with van der Waals surface area (Å²) in [4.78, 5) is 0. The fraction of sp³-hybridized carbons (Fsp3) is 0.492. The van der Waals surface area contributed by atoms with Gasteiger partial charge in [0.1, 0.15) is 57.9 Å². The Balaban J connectivity index is 0.000000154. The van der Waals surface area contributed by atoms with E-state index in [-0.39, 0.29) is 136 Å². The highest BCUT2D eigenvalue weighted by Crippen LogP contribution is 2.64. The second kappa shape index (κ2) is 46.2. The Hall–Kier alpha value is -4.79. The molecule has 25 rings (SSSR count). The lowest BCUT2D eigenvalue weighted by Crippen LogP contribution is -3.00. The SMILES string of the molecule is CCC.CCC1CC1.CCC1CC1.CCC1CC1.CCCC.CCCCC.CC[N@@+]1(CC2CC2)[C@H]2Cc3ccccc3[C@]1(C)c1ccccc12.C[C@@]12c3ccccc3C[C@@H](c3ccccc31)[N@@+]2(C)CC1CC1.C[C@]12[NH2+][C@H](Cc3ccccc31)c1ccccc12.C[C@]12[NH2+][C@H](Cc3ccccc31)c1ccccc12.C[C@]12[NH2+][C@H](Cc3ccccc31)c1ccccc12.[Cl-].[I-].[I-].[I-].[I-]. The van der Waals surface area contributed by atoms with Gasteiger partial charge in [0.25, 0.3) is 0 Å². The second-order valence-corrected chi connectivity index (χ2v) is 40.8. The van der Waals surface area contributed by atoms with E-state index in [0.29, 0.717) is 30.2 Å². The summed E-state index contributed by atoms with van der Waals surface area (Å²) in [6.07, 6.45) is 33.0. The molecule has 5 saturated carbocycles. The lowest BCUT2D eigenvalue weighted by Gasteiger charge is -2.54. The molecule has 6 N–H and O–H groups in total. The highest BCUT2D eigenvalue weighted by molar-refractivity contribution is 5.56. The summed E-state index contributed by atoms with van der Waals surface area (Å²) >= 11 is 0. The molecule has 0 unspecified atom stereocenters. The van der Waals surface area contributed by atoms with E-state index in [2.05, 4.69) is 370 Å². The number of nitrogens with zero attached hydrogens (tertiary/aromatic N) is 2. The molecule has 0 aromatic heterocycles. The number of nitrogens with two attached hydrogens (primary N) is 3. The quantitative estimate of drug-likeness (QED) is 0.0854. The van der Waals surface area contributed by atoms with Crippen LogP contribution < -0.4 is 124 Å². The maximum absolute atomic E-state index is 2.54. The van der Waals surface area contributed by atoms with Crippen LogP contribution in [0.25, 0.3) is 0 Å². The Kier molecular flexibility index (Phi) is 38.0. The van der Waals surface area contributed by atoms with Crippen LogP contribution in [-0.4, -0.2) is 35.6 Å². The van der Waals surface area contributed by atoms with Crippen molar-refractivity contribution in [2.75, 3.05) is 26.7 Å². The summed E-state index contributed by atoms with van der Waals surface area (Å²) in [5, 5.41) is 7.62. The number of rotatable bonds is 11. The highest BCUT2D eigenvalue weighted by atomic mass is 127. The van der Waals surface area contributed by atoms with Gasteiger partial charge in [-0.2, -0.15) is 0 Å². The molecule has 10 bridgehead atoms. The molecule has 0 spiro atoms. The molecule has 10 aromatic carbocycles. The van der Waals surface area contributed by atoms with Crippen LogP contribution in [0.1, 0.15) is 367 Å². The zero-order valence-electron chi connectivity index (χ0n) is 81.0. The van der Waals surface area contributed by atoms with Gasteiger partial charge in [-0.25, -0.2) is 0 Å². The van der Waals surface area contributed by atoms with Crippen LogP contribution in [0.5, 0.6) is 0 Å². The molecule has 12 atom stereocenters. The number of fused-ring (bicyclic) bond motifs is 35. The van der Waals surface area contributed by atoms with Crippen molar-refractivity contribution >= 4 is 0 Å². The number of halogens is 5. The van der Waals surface area contributed by atoms with Gasteiger partial charge in [-0.15, -0.1) is 0 Å². The van der Waals surface area contributed by atoms with Crippen molar-refractivity contribution in [1.29, 1.82) is 0 Å². The number of benzene rings is 10. The van der Waals surface area contributed by atoms with Crippen molar-refractivity contribution < 1.29 is 133 Å². The standard InChI is InChI=1S/C22H26N.C21H24N.3C16H15N.3C5H10.C5H12.C4H10.C3H8.ClH.4HI/c1-3-23(15-16-12-13-16)21-14-17-8-4-6-10-19(17)22(23,2)20-11-7-5-9-18(20)21;1-21-18-9-5-3-7-16(18)13-20(17-8-4-6-10-19(17)21)22(21,2)14-15-11-12-15;3*1-16-13-8-4-2-6-11(13)10-15(17-16)12-7-3-5-9-14(12)16;3*1-2-5-3-4-5;1-3-5-4-2;1-3-4-2;1-3-2;;;;;/h4-11,16,21H,3,12-15H2,1-2H3;3-10,15,20H,11-14H2,1-2H3;3*2-9,15,17H,10H2,1H3;3*5H,2-4H2,1H3;3-5H2,1-2H3;3-4H2,1-2H3;3H2,1-2H3;5*1H/q2*+1;;;;;;;;;;;;;;/p-2/t21-,22+,23+;20-,21+,22+;3*15-,16+;;;;;;;;;;;/m00111.........../s1. The van der Waals surface area contributed by atoms with E-state index in [1.54, 1.807) is 44.5 Å². The fourth-order valence-electron chi connectivity index (χ4n) is 24.3. The second-order valence-electron chi connectivity index (χ2n) is 40.8. The van der Waals surface area contributed by atoms with Gasteiger partial charge < -0.3 is 133 Å². The van der Waals surface area contributed by atoms with Crippen LogP contribution in [0.3, 0.4) is 0 Å². The van der Waals surface area contributed by atoms with Crippen LogP contribution in [0, 0.1) is 29.6 Å². The number of hydrogen-bond acceptors (Lipinski definition) is 0. The van der Waals surface area contributed by atoms with E-state index in [1.165, 1.54) is 249 Å². The molecule has 10 aliphatic heterocycles. The van der Waals surface area contributed by atoms with Gasteiger partial charge in [0.05, 0.1) is 26.7 Å². The highest BCUT2D eigenvalue weighted by Gasteiger charge is 2.66. The first-order valence-electron chi connectivity index (χ1n) is 49.9. The molecule has 10 heteroatoms. The smallest absolute Gasteiger partial charge is 0.149 e. The van der Waals surface area contributed by atoms with E-state index < -0.39 is 0 Å². The first-order chi connectivity index (χ1) is 59.8. The predicted octanol–water partition coefficient (Wildman–Crippen LogP) is 11.5. The van der Waals surface area contributed by atoms with E-state index in [0.717, 1.165) is 29.6 Å². The van der Waals surface area contributed by atoms with Gasteiger partial charge in [0, 0.05) is 127 Å². The minimum absolute atomic E-state index is 0. The van der Waals surface area contributed by atoms with Crippen molar-refractivity contribution in [3.63, 3.8) is 0 Å². The van der Waals surface area contributed by atoms with Crippen molar-refractivity contribution in [2.45, 2.75) is 316 Å². The average molecular weight is 2190 g/mol. The third-order valence-corrected chi connectivity index (χ3v) is 32.4. The number of unbranched alkanes of at least 4 members (excludes halogenated alkanes) is 3. The third kappa shape index (κ3) is 21.2. The maximum Gasteiger partial charge on any atom is 0.149 e. The van der Waals surface area contributed by atoms with E-state index >= 15 is 0 Å². The van der Waals surface area contributed by atoms with Gasteiger partial charge in [-0.1, -0.05) is 401 Å². The molecular weight excluding hydrogens is 2030 g/mol. The zero-order valence-corrected chi connectivity index (χ0v) is 90.4. The molecule has 0 saturated heterocycles. The molecule has 0 radical (unpaired) electrons. The topological polar surface area (TPSA) is 49.8 Å². The molecular formula is C118H158ClI4N5. The Morgan fingerprint density at radius 2 is 0.523 bits per heavy atom. The Bertz CT molecular complexity index is 4840. The normalized spacial score (nSPS) is 27.0. The van der Waals surface area contributed by atoms with Crippen LogP contribution in [0.4, 0.5) is 0 Å². The summed E-state index contributed by atoms with van der Waals surface area (Å²) < 4.78 is 2.45. The monoisotopic (exact) mass is 2190 g/mol. The number of quaternary nitrogens is 5. The van der Waals surface area contributed by atoms with Crippen LogP contribution >= 0.6 is 0 Å². The minimum Gasteiger partial charge on any atom is -1.00 e. The Labute approximate surface area is 850 Å². The van der Waals surface area contributed by atoms with Crippen molar-refractivity contribution in [3.05, 3.63) is 354 Å². The summed E-state index contributed by atoms with van der Waals surface area (Å²) in [6.45, 7) is 38.3. The number of likely N-dealkylation sites (N-methyl/N-ethyl adjacent to an activating group) is 2. The minimum atomic E-state index is 0. The van der Waals surface area contributed by atoms with E-state index in [1.807, 2.05) is 0 Å². The largest absolute Gasteiger partial charge is 1.00 e. The van der Waals surface area contributed by atoms with Crippen LogP contribution in [0.15, 0.2) is 243 Å². The molecule has 5 aliphatic carbocycles. The van der Waals surface area contributed by atoms with E-state index in [9.17, 15) is 0 Å². The lowest BCUT2D eigenvalue weighted by molar-refractivity contribution is -0.998. The maximum atomic E-state index is 2.54. The summed E-state index contributed by atoms with van der Waals surface area (Å²) in [6, 6.07) is 93.7. The molecule has 690 valence electrons. The van der Waals surface area contributed by atoms with Crippen molar-refractivity contribution in [1.82, 2.24) is 0 Å². The zero-order chi connectivity index (χ0) is 86.3. The van der Waals surface area contributed by atoms with Crippen LogP contribution in [-0.2, 0) is 59.8 Å². The summed E-state index contributed by atoms with van der Waals surface area (Å²) in [7, 11) is 2.53. The predicted molar refractivity (Wildman–Crippen MR) is 518 cm³/mol. The lowest BCUT2D eigenvalue weighted by atomic mass is 9.78. The van der Waals surface area contributed by atoms with Gasteiger partial charge >= 0.3 is 0 Å².